The van der Waals surface area contributed by atoms with Gasteiger partial charge in [0, 0.05) is 11.1 Å². The van der Waals surface area contributed by atoms with Crippen molar-refractivity contribution in [3.63, 3.8) is 0 Å². The van der Waals surface area contributed by atoms with Crippen LogP contribution in [0.5, 0.6) is 11.5 Å². The molecule has 3 rings (SSSR count). The summed E-state index contributed by atoms with van der Waals surface area (Å²) in [4.78, 5) is 25.7. The molecule has 1 aliphatic rings. The van der Waals surface area contributed by atoms with Crippen LogP contribution in [-0.2, 0) is 0 Å². The molecule has 0 spiro atoms. The molecule has 22 heavy (non-hydrogen) atoms. The van der Waals surface area contributed by atoms with E-state index in [1.54, 1.807) is 24.3 Å². The summed E-state index contributed by atoms with van der Waals surface area (Å²) in [6, 6.07) is 6.73. The second kappa shape index (κ2) is 5.25. The predicted octanol–water partition coefficient (Wildman–Crippen LogP) is 3.55. The van der Waals surface area contributed by atoms with Crippen molar-refractivity contribution in [1.82, 2.24) is 0 Å². The summed E-state index contributed by atoms with van der Waals surface area (Å²) in [5, 5.41) is 0. The van der Waals surface area contributed by atoms with Gasteiger partial charge in [0.25, 0.3) is 0 Å². The minimum absolute atomic E-state index is 0.197. The van der Waals surface area contributed by atoms with E-state index in [1.165, 1.54) is 14.2 Å². The number of carbonyl (C=O) groups excluding carboxylic acids is 2. The summed E-state index contributed by atoms with van der Waals surface area (Å²) in [5.41, 5.74) is 2.13. The van der Waals surface area contributed by atoms with Gasteiger partial charge in [-0.3, -0.25) is 9.59 Å². The Kier molecular flexibility index (Phi) is 3.53. The molecule has 0 aromatic heterocycles. The van der Waals surface area contributed by atoms with Gasteiger partial charge in [0.2, 0.25) is 5.78 Å². The molecule has 5 heteroatoms. The number of hydrogen-bond donors (Lipinski definition) is 0. The number of ketones is 2. The van der Waals surface area contributed by atoms with Crippen LogP contribution in [0.2, 0.25) is 0 Å². The van der Waals surface area contributed by atoms with Gasteiger partial charge < -0.3 is 9.47 Å². The largest absolute Gasteiger partial charge is 0.496 e. The van der Waals surface area contributed by atoms with E-state index in [0.717, 1.165) is 5.56 Å². The molecule has 0 saturated heterocycles. The Morgan fingerprint density at radius 3 is 2.32 bits per heavy atom. The topological polar surface area (TPSA) is 52.6 Å². The lowest BCUT2D eigenvalue weighted by Crippen LogP contribution is -2.23. The molecule has 0 atom stereocenters. The summed E-state index contributed by atoms with van der Waals surface area (Å²) < 4.78 is 11.3. The van der Waals surface area contributed by atoms with Crippen LogP contribution in [0.25, 0.3) is 0 Å². The van der Waals surface area contributed by atoms with Crippen LogP contribution >= 0.6 is 15.9 Å². The van der Waals surface area contributed by atoms with Crippen LogP contribution < -0.4 is 9.47 Å². The van der Waals surface area contributed by atoms with Gasteiger partial charge in [0.1, 0.15) is 11.5 Å². The van der Waals surface area contributed by atoms with Crippen LogP contribution in [0.4, 0.5) is 0 Å². The van der Waals surface area contributed by atoms with E-state index < -0.39 is 0 Å². The number of rotatable bonds is 2. The standard InChI is InChI=1S/C17H13BrO4/c1-8-7-10-13(17(22-3)14(8)18)16(20)12-9(15(10)19)5-4-6-11(12)21-2/h4-7H,1-3H3. The van der Waals surface area contributed by atoms with Crippen molar-refractivity contribution in [2.45, 2.75) is 6.92 Å². The van der Waals surface area contributed by atoms with Crippen LogP contribution in [0.1, 0.15) is 37.4 Å². The van der Waals surface area contributed by atoms with Gasteiger partial charge >= 0.3 is 0 Å². The first-order valence-corrected chi connectivity index (χ1v) is 7.44. The van der Waals surface area contributed by atoms with E-state index in [0.29, 0.717) is 27.1 Å². The van der Waals surface area contributed by atoms with Crippen LogP contribution in [0.15, 0.2) is 28.7 Å². The summed E-state index contributed by atoms with van der Waals surface area (Å²) in [7, 11) is 2.96. The number of halogens is 1. The van der Waals surface area contributed by atoms with Crippen molar-refractivity contribution in [2.75, 3.05) is 14.2 Å². The maximum absolute atomic E-state index is 12.9. The second-order valence-electron chi connectivity index (χ2n) is 5.00. The molecule has 1 aliphatic carbocycles. The average Bonchev–Trinajstić information content (AvgIpc) is 2.53. The average molecular weight is 361 g/mol. The maximum Gasteiger partial charge on any atom is 0.202 e. The van der Waals surface area contributed by atoms with E-state index >= 15 is 0 Å². The van der Waals surface area contributed by atoms with Crippen molar-refractivity contribution in [1.29, 1.82) is 0 Å². The Morgan fingerprint density at radius 2 is 1.68 bits per heavy atom. The van der Waals surface area contributed by atoms with E-state index in [4.69, 9.17) is 9.47 Å². The quantitative estimate of drug-likeness (QED) is 0.701. The molecule has 0 bridgehead atoms. The zero-order valence-electron chi connectivity index (χ0n) is 12.3. The van der Waals surface area contributed by atoms with Gasteiger partial charge in [0.05, 0.1) is 29.8 Å². The number of aryl methyl sites for hydroxylation is 1. The first kappa shape index (κ1) is 14.8. The smallest absolute Gasteiger partial charge is 0.202 e. The van der Waals surface area contributed by atoms with Gasteiger partial charge in [-0.1, -0.05) is 12.1 Å². The highest BCUT2D eigenvalue weighted by Crippen LogP contribution is 2.41. The van der Waals surface area contributed by atoms with Gasteiger partial charge in [-0.2, -0.15) is 0 Å². The molecule has 2 aromatic rings. The highest BCUT2D eigenvalue weighted by atomic mass is 79.9. The molecular weight excluding hydrogens is 348 g/mol. The van der Waals surface area contributed by atoms with Gasteiger partial charge in [-0.25, -0.2) is 0 Å². The number of methoxy groups -OCH3 is 2. The normalized spacial score (nSPS) is 12.7. The SMILES string of the molecule is COc1cccc2c1C(=O)c1c(cc(C)c(Br)c1OC)C2=O. The minimum atomic E-state index is -0.264. The molecule has 4 nitrogen and oxygen atoms in total. The first-order valence-electron chi connectivity index (χ1n) is 6.64. The lowest BCUT2D eigenvalue weighted by molar-refractivity contribution is 0.0973. The Hall–Kier alpha value is -2.14. The summed E-state index contributed by atoms with van der Waals surface area (Å²) in [5.74, 6) is 0.308. The molecule has 0 aliphatic heterocycles. The van der Waals surface area contributed by atoms with Crippen LogP contribution in [0, 0.1) is 6.92 Å². The monoisotopic (exact) mass is 360 g/mol. The van der Waals surface area contributed by atoms with Crippen molar-refractivity contribution >= 4 is 27.5 Å². The Morgan fingerprint density at radius 1 is 0.955 bits per heavy atom. The molecular formula is C17H13BrO4. The van der Waals surface area contributed by atoms with E-state index in [-0.39, 0.29) is 22.7 Å². The lowest BCUT2D eigenvalue weighted by Gasteiger charge is -2.22. The van der Waals surface area contributed by atoms with Crippen LogP contribution in [0.3, 0.4) is 0 Å². The molecule has 0 heterocycles. The van der Waals surface area contributed by atoms with Gasteiger partial charge in [0.15, 0.2) is 5.78 Å². The summed E-state index contributed by atoms with van der Waals surface area (Å²) in [6.07, 6.45) is 0. The third-order valence-corrected chi connectivity index (χ3v) is 4.78. The fourth-order valence-corrected chi connectivity index (χ4v) is 3.23. The van der Waals surface area contributed by atoms with E-state index in [9.17, 15) is 9.59 Å². The van der Waals surface area contributed by atoms with Crippen molar-refractivity contribution in [2.24, 2.45) is 0 Å². The molecule has 0 unspecified atom stereocenters. The zero-order chi connectivity index (χ0) is 16.0. The minimum Gasteiger partial charge on any atom is -0.496 e. The van der Waals surface area contributed by atoms with Gasteiger partial charge in [-0.15, -0.1) is 0 Å². The zero-order valence-corrected chi connectivity index (χ0v) is 13.9. The maximum atomic E-state index is 12.9. The van der Waals surface area contributed by atoms with Crippen LogP contribution in [-0.4, -0.2) is 25.8 Å². The number of hydrogen-bond acceptors (Lipinski definition) is 4. The van der Waals surface area contributed by atoms with Crippen molar-refractivity contribution in [3.05, 3.63) is 56.6 Å². The molecule has 0 saturated carbocycles. The molecule has 0 fully saturated rings. The number of benzene rings is 2. The number of ether oxygens (including phenoxy) is 2. The third-order valence-electron chi connectivity index (χ3n) is 3.80. The molecule has 0 radical (unpaired) electrons. The first-order chi connectivity index (χ1) is 10.5. The van der Waals surface area contributed by atoms with Crippen molar-refractivity contribution in [3.8, 4) is 11.5 Å². The van der Waals surface area contributed by atoms with E-state index in [2.05, 4.69) is 15.9 Å². The summed E-state index contributed by atoms with van der Waals surface area (Å²) >= 11 is 3.42. The fraction of sp³-hybridized carbons (Fsp3) is 0.176. The molecule has 0 amide bonds. The number of fused-ring (bicyclic) bond motifs is 2. The van der Waals surface area contributed by atoms with Gasteiger partial charge in [-0.05, 0) is 40.5 Å². The Bertz CT molecular complexity index is 824. The highest BCUT2D eigenvalue weighted by molar-refractivity contribution is 9.10. The van der Waals surface area contributed by atoms with E-state index in [1.807, 2.05) is 6.92 Å². The second-order valence-corrected chi connectivity index (χ2v) is 5.80. The third kappa shape index (κ3) is 1.89. The molecule has 112 valence electrons. The highest BCUT2D eigenvalue weighted by Gasteiger charge is 2.36. The predicted molar refractivity (Wildman–Crippen MR) is 85.3 cm³/mol. The Labute approximate surface area is 136 Å². The van der Waals surface area contributed by atoms with Crippen molar-refractivity contribution < 1.29 is 19.1 Å². The lowest BCUT2D eigenvalue weighted by atomic mass is 9.82. The molecule has 0 N–H and O–H groups in total. The Balaban J connectivity index is 2.39. The summed E-state index contributed by atoms with van der Waals surface area (Å²) in [6.45, 7) is 1.85. The number of carbonyl (C=O) groups is 2. The fourth-order valence-electron chi connectivity index (χ4n) is 2.75. The molecule has 2 aromatic carbocycles.